The fourth-order valence-electron chi connectivity index (χ4n) is 4.52. The Hall–Kier alpha value is -2.44. The van der Waals surface area contributed by atoms with E-state index in [0.717, 1.165) is 12.4 Å². The molecular weight excluding hydrogens is 385 g/mol. The molecule has 3 aromatic carbocycles. The lowest BCUT2D eigenvalue weighted by molar-refractivity contribution is 0.348. The number of nitrogens with zero attached hydrogens (tertiary/aromatic N) is 1. The van der Waals surface area contributed by atoms with Gasteiger partial charge in [0.1, 0.15) is 29.8 Å². The van der Waals surface area contributed by atoms with E-state index in [1.165, 1.54) is 40.5 Å². The van der Waals surface area contributed by atoms with Crippen molar-refractivity contribution in [2.45, 2.75) is 26.7 Å². The summed E-state index contributed by atoms with van der Waals surface area (Å²) in [6, 6.07) is 31.1. The maximum atomic E-state index is 5.97. The zero-order valence-electron chi connectivity index (χ0n) is 18.0. The SMILES string of the molecule is CCC(CC)C[P+](c1ccccc1)(c1ccccc1)c1ccccc1C1=NCCO1. The van der Waals surface area contributed by atoms with Crippen LogP contribution in [-0.4, -0.2) is 25.2 Å². The van der Waals surface area contributed by atoms with Gasteiger partial charge in [0.05, 0.1) is 18.3 Å². The molecule has 0 aliphatic carbocycles. The highest BCUT2D eigenvalue weighted by atomic mass is 31.2. The van der Waals surface area contributed by atoms with Crippen molar-refractivity contribution in [3.05, 3.63) is 90.5 Å². The number of aliphatic imine (C=N–C) groups is 1. The summed E-state index contributed by atoms with van der Waals surface area (Å²) in [6.45, 7) is 6.08. The Morgan fingerprint density at radius 1 is 0.800 bits per heavy atom. The fraction of sp³-hybridized carbons (Fsp3) is 0.296. The zero-order valence-corrected chi connectivity index (χ0v) is 18.9. The van der Waals surface area contributed by atoms with Crippen LogP contribution in [0.2, 0.25) is 0 Å². The number of ether oxygens (including phenoxy) is 1. The first kappa shape index (κ1) is 20.8. The van der Waals surface area contributed by atoms with Crippen LogP contribution < -0.4 is 15.9 Å². The third-order valence-corrected chi connectivity index (χ3v) is 10.8. The first-order chi connectivity index (χ1) is 14.8. The van der Waals surface area contributed by atoms with E-state index in [1.807, 2.05) is 0 Å². The molecule has 1 aliphatic heterocycles. The van der Waals surface area contributed by atoms with E-state index < -0.39 is 7.26 Å². The molecule has 154 valence electrons. The van der Waals surface area contributed by atoms with E-state index in [0.29, 0.717) is 12.5 Å². The van der Waals surface area contributed by atoms with Gasteiger partial charge in [-0.1, -0.05) is 62.4 Å². The van der Waals surface area contributed by atoms with Crippen LogP contribution in [0.4, 0.5) is 0 Å². The van der Waals surface area contributed by atoms with E-state index in [1.54, 1.807) is 0 Å². The first-order valence-corrected chi connectivity index (χ1v) is 13.0. The Balaban J connectivity index is 2.03. The van der Waals surface area contributed by atoms with E-state index in [9.17, 15) is 0 Å². The molecule has 0 radical (unpaired) electrons. The molecule has 30 heavy (non-hydrogen) atoms. The fourth-order valence-corrected chi connectivity index (χ4v) is 9.57. The van der Waals surface area contributed by atoms with Crippen LogP contribution in [0.3, 0.4) is 0 Å². The Morgan fingerprint density at radius 2 is 1.37 bits per heavy atom. The smallest absolute Gasteiger partial charge is 0.220 e. The van der Waals surface area contributed by atoms with Crippen molar-refractivity contribution in [2.24, 2.45) is 10.9 Å². The second-order valence-electron chi connectivity index (χ2n) is 7.90. The van der Waals surface area contributed by atoms with Gasteiger partial charge in [0.25, 0.3) is 0 Å². The minimum atomic E-state index is -1.89. The lowest BCUT2D eigenvalue weighted by Crippen LogP contribution is -2.38. The van der Waals surface area contributed by atoms with Crippen molar-refractivity contribution in [3.8, 4) is 0 Å². The first-order valence-electron chi connectivity index (χ1n) is 11.1. The Bertz CT molecular complexity index is 941. The lowest BCUT2D eigenvalue weighted by Gasteiger charge is -2.31. The summed E-state index contributed by atoms with van der Waals surface area (Å²) in [5, 5.41) is 4.28. The van der Waals surface area contributed by atoms with E-state index in [-0.39, 0.29) is 0 Å². The van der Waals surface area contributed by atoms with Gasteiger partial charge in [0.15, 0.2) is 0 Å². The average molecular weight is 417 g/mol. The number of hydrogen-bond donors (Lipinski definition) is 0. The molecule has 3 heteroatoms. The van der Waals surface area contributed by atoms with Gasteiger partial charge in [0.2, 0.25) is 5.90 Å². The molecule has 0 atom stereocenters. The van der Waals surface area contributed by atoms with Gasteiger partial charge < -0.3 is 4.74 Å². The Morgan fingerprint density at radius 3 is 1.90 bits per heavy atom. The van der Waals surface area contributed by atoms with Gasteiger partial charge in [-0.2, -0.15) is 0 Å². The third-order valence-electron chi connectivity index (χ3n) is 6.21. The summed E-state index contributed by atoms with van der Waals surface area (Å²) < 4.78 is 5.97. The quantitative estimate of drug-likeness (QED) is 0.463. The number of hydrogen-bond acceptors (Lipinski definition) is 2. The molecule has 0 unspecified atom stereocenters. The van der Waals surface area contributed by atoms with Crippen molar-refractivity contribution >= 4 is 29.1 Å². The van der Waals surface area contributed by atoms with Crippen LogP contribution in [0, 0.1) is 5.92 Å². The molecule has 0 fully saturated rings. The topological polar surface area (TPSA) is 21.6 Å². The largest absolute Gasteiger partial charge is 0.475 e. The van der Waals surface area contributed by atoms with Gasteiger partial charge in [-0.15, -0.1) is 0 Å². The second kappa shape index (κ2) is 9.58. The van der Waals surface area contributed by atoms with Crippen molar-refractivity contribution in [1.29, 1.82) is 0 Å². The van der Waals surface area contributed by atoms with Crippen LogP contribution in [0.25, 0.3) is 0 Å². The van der Waals surface area contributed by atoms with Crippen molar-refractivity contribution < 1.29 is 4.74 Å². The maximum absolute atomic E-state index is 5.97. The summed E-state index contributed by atoms with van der Waals surface area (Å²) >= 11 is 0. The predicted octanol–water partition coefficient (Wildman–Crippen LogP) is 5.19. The predicted molar refractivity (Wildman–Crippen MR) is 131 cm³/mol. The van der Waals surface area contributed by atoms with E-state index >= 15 is 0 Å². The summed E-state index contributed by atoms with van der Waals surface area (Å²) in [4.78, 5) is 4.70. The summed E-state index contributed by atoms with van der Waals surface area (Å²) in [6.07, 6.45) is 3.55. The molecule has 4 rings (SSSR count). The zero-order chi connectivity index (χ0) is 20.8. The van der Waals surface area contributed by atoms with Crippen LogP contribution in [0.1, 0.15) is 32.3 Å². The summed E-state index contributed by atoms with van der Waals surface area (Å²) in [5.74, 6) is 1.48. The van der Waals surface area contributed by atoms with Crippen molar-refractivity contribution in [2.75, 3.05) is 19.3 Å². The minimum absolute atomic E-state index is 0.665. The van der Waals surface area contributed by atoms with E-state index in [2.05, 4.69) is 98.8 Å². The Kier molecular flexibility index (Phi) is 6.65. The van der Waals surface area contributed by atoms with Gasteiger partial charge in [0, 0.05) is 0 Å². The monoisotopic (exact) mass is 416 g/mol. The standard InChI is InChI=1S/C27H31NOP/c1-3-22(4-2)21-30(23-13-7-5-8-14-23,24-15-9-6-10-16-24)26-18-12-11-17-25(26)27-28-19-20-29-27/h5-18,22H,3-4,19-21H2,1-2H3/q+1. The molecule has 0 bridgehead atoms. The van der Waals surface area contributed by atoms with Gasteiger partial charge in [-0.3, -0.25) is 0 Å². The van der Waals surface area contributed by atoms with Gasteiger partial charge in [-0.05, 0) is 55.2 Å². The van der Waals surface area contributed by atoms with Crippen LogP contribution >= 0.6 is 7.26 Å². The number of rotatable bonds is 8. The molecule has 0 amide bonds. The molecule has 2 nitrogen and oxygen atoms in total. The molecule has 3 aromatic rings. The average Bonchev–Trinajstić information content (AvgIpc) is 3.36. The summed E-state index contributed by atoms with van der Waals surface area (Å²) in [5.41, 5.74) is 1.17. The third kappa shape index (κ3) is 3.94. The van der Waals surface area contributed by atoms with Crippen LogP contribution in [0.15, 0.2) is 89.9 Å². The molecule has 0 spiro atoms. The Labute approximate surface area is 181 Å². The second-order valence-corrected chi connectivity index (χ2v) is 11.4. The summed E-state index contributed by atoms with van der Waals surface area (Å²) in [7, 11) is -1.89. The highest BCUT2D eigenvalue weighted by Gasteiger charge is 2.48. The molecular formula is C27H31NOP+. The van der Waals surface area contributed by atoms with E-state index in [4.69, 9.17) is 9.73 Å². The maximum Gasteiger partial charge on any atom is 0.220 e. The van der Waals surface area contributed by atoms with Crippen molar-refractivity contribution in [3.63, 3.8) is 0 Å². The lowest BCUT2D eigenvalue weighted by atomic mass is 10.1. The molecule has 0 saturated carbocycles. The highest BCUT2D eigenvalue weighted by Crippen LogP contribution is 2.58. The van der Waals surface area contributed by atoms with Gasteiger partial charge >= 0.3 is 0 Å². The molecule has 0 aromatic heterocycles. The minimum Gasteiger partial charge on any atom is -0.475 e. The molecule has 1 heterocycles. The molecule has 1 aliphatic rings. The van der Waals surface area contributed by atoms with Crippen LogP contribution in [0.5, 0.6) is 0 Å². The molecule has 0 saturated heterocycles. The van der Waals surface area contributed by atoms with Crippen LogP contribution in [-0.2, 0) is 4.74 Å². The van der Waals surface area contributed by atoms with Crippen molar-refractivity contribution in [1.82, 2.24) is 0 Å². The normalized spacial score (nSPS) is 13.9. The number of benzene rings is 3. The molecule has 0 N–H and O–H groups in total. The highest BCUT2D eigenvalue weighted by molar-refractivity contribution is 7.95. The van der Waals surface area contributed by atoms with Gasteiger partial charge in [-0.25, -0.2) is 4.99 Å².